The molecule has 21 heavy (non-hydrogen) atoms. The van der Waals surface area contributed by atoms with Gasteiger partial charge in [-0.15, -0.1) is 0 Å². The highest BCUT2D eigenvalue weighted by Crippen LogP contribution is 2.52. The van der Waals surface area contributed by atoms with Gasteiger partial charge in [-0.1, -0.05) is 26.0 Å². The maximum Gasteiger partial charge on any atom is 0.119 e. The summed E-state index contributed by atoms with van der Waals surface area (Å²) < 4.78 is 5.42. The van der Waals surface area contributed by atoms with Gasteiger partial charge in [-0.3, -0.25) is 0 Å². The zero-order valence-electron chi connectivity index (χ0n) is 13.0. The van der Waals surface area contributed by atoms with Gasteiger partial charge in [0.2, 0.25) is 0 Å². The molecule has 1 aromatic rings. The first-order chi connectivity index (χ1) is 9.67. The fourth-order valence-electron chi connectivity index (χ4n) is 4.53. The Kier molecular flexibility index (Phi) is 5.32. The molecule has 0 heterocycles. The van der Waals surface area contributed by atoms with E-state index in [0.29, 0.717) is 0 Å². The third-order valence-corrected chi connectivity index (χ3v) is 5.39. The van der Waals surface area contributed by atoms with E-state index < -0.39 is 0 Å². The van der Waals surface area contributed by atoms with Gasteiger partial charge >= 0.3 is 0 Å². The minimum absolute atomic E-state index is 0. The van der Waals surface area contributed by atoms with E-state index in [2.05, 4.69) is 43.3 Å². The fourth-order valence-corrected chi connectivity index (χ4v) is 4.53. The molecule has 2 fully saturated rings. The number of nitrogens with zero attached hydrogens (tertiary/aromatic N) is 1. The molecular formula is C19H31NO. The molecule has 0 N–H and O–H groups in total. The third kappa shape index (κ3) is 3.42. The van der Waals surface area contributed by atoms with Gasteiger partial charge in [-0.05, 0) is 74.7 Å². The van der Waals surface area contributed by atoms with E-state index in [-0.39, 0.29) is 7.43 Å². The molecule has 0 amide bonds. The molecule has 0 aromatic heterocycles. The van der Waals surface area contributed by atoms with Crippen molar-refractivity contribution in [3.05, 3.63) is 29.8 Å². The summed E-state index contributed by atoms with van der Waals surface area (Å²) in [5.74, 6) is 4.44. The highest BCUT2D eigenvalue weighted by atomic mass is 16.5. The van der Waals surface area contributed by atoms with Crippen molar-refractivity contribution < 1.29 is 4.74 Å². The normalized spacial score (nSPS) is 31.0. The SMILES string of the molecule is C.COc1cccc(C2CC3CCC(C3)C2CN(C)C)c1. The summed E-state index contributed by atoms with van der Waals surface area (Å²) in [5.41, 5.74) is 1.49. The van der Waals surface area contributed by atoms with E-state index in [1.165, 1.54) is 37.8 Å². The van der Waals surface area contributed by atoms with Gasteiger partial charge in [0, 0.05) is 6.54 Å². The van der Waals surface area contributed by atoms with Crippen LogP contribution in [0.4, 0.5) is 0 Å². The zero-order valence-corrected chi connectivity index (χ0v) is 13.0. The van der Waals surface area contributed by atoms with Gasteiger partial charge in [-0.2, -0.15) is 0 Å². The van der Waals surface area contributed by atoms with Gasteiger partial charge < -0.3 is 9.64 Å². The van der Waals surface area contributed by atoms with Crippen LogP contribution in [0.3, 0.4) is 0 Å². The molecule has 0 saturated heterocycles. The van der Waals surface area contributed by atoms with Crippen LogP contribution in [0.25, 0.3) is 0 Å². The monoisotopic (exact) mass is 289 g/mol. The zero-order chi connectivity index (χ0) is 14.1. The van der Waals surface area contributed by atoms with Crippen molar-refractivity contribution >= 4 is 0 Å². The van der Waals surface area contributed by atoms with Crippen molar-refractivity contribution in [3.8, 4) is 5.75 Å². The van der Waals surface area contributed by atoms with Crippen molar-refractivity contribution in [2.75, 3.05) is 27.7 Å². The van der Waals surface area contributed by atoms with Gasteiger partial charge in [-0.25, -0.2) is 0 Å². The standard InChI is InChI=1S/C18H27NO.CH4/c1-19(2)12-18-15-8-7-13(9-15)10-17(18)14-5-4-6-16(11-14)20-3;/h4-6,11,13,15,17-18H,7-10,12H2,1-3H3;1H4. The predicted octanol–water partition coefficient (Wildman–Crippen LogP) is 4.41. The molecule has 2 saturated carbocycles. The number of ether oxygens (including phenoxy) is 1. The van der Waals surface area contributed by atoms with Crippen molar-refractivity contribution in [3.63, 3.8) is 0 Å². The van der Waals surface area contributed by atoms with E-state index in [9.17, 15) is 0 Å². The summed E-state index contributed by atoms with van der Waals surface area (Å²) in [5, 5.41) is 0. The smallest absolute Gasteiger partial charge is 0.119 e. The number of benzene rings is 1. The van der Waals surface area contributed by atoms with Gasteiger partial charge in [0.25, 0.3) is 0 Å². The minimum atomic E-state index is 0. The summed E-state index contributed by atoms with van der Waals surface area (Å²) in [4.78, 5) is 2.37. The second kappa shape index (κ2) is 6.83. The van der Waals surface area contributed by atoms with Crippen molar-refractivity contribution in [1.82, 2.24) is 4.90 Å². The second-order valence-electron chi connectivity index (χ2n) is 6.98. The lowest BCUT2D eigenvalue weighted by Crippen LogP contribution is -2.34. The molecule has 2 aliphatic rings. The molecule has 0 radical (unpaired) electrons. The van der Waals surface area contributed by atoms with Gasteiger partial charge in [0.05, 0.1) is 7.11 Å². The van der Waals surface area contributed by atoms with Crippen LogP contribution in [-0.2, 0) is 0 Å². The van der Waals surface area contributed by atoms with Crippen LogP contribution in [-0.4, -0.2) is 32.6 Å². The maximum absolute atomic E-state index is 5.42. The van der Waals surface area contributed by atoms with Crippen molar-refractivity contribution in [1.29, 1.82) is 0 Å². The predicted molar refractivity (Wildman–Crippen MR) is 90.0 cm³/mol. The van der Waals surface area contributed by atoms with Crippen LogP contribution in [0, 0.1) is 17.8 Å². The lowest BCUT2D eigenvalue weighted by Gasteiger charge is -2.38. The quantitative estimate of drug-likeness (QED) is 0.814. The number of fused-ring (bicyclic) bond motifs is 2. The van der Waals surface area contributed by atoms with E-state index in [4.69, 9.17) is 4.74 Å². The average Bonchev–Trinajstić information content (AvgIpc) is 2.84. The molecule has 1 aromatic carbocycles. The number of hydrogen-bond donors (Lipinski definition) is 0. The lowest BCUT2D eigenvalue weighted by atomic mass is 9.69. The highest BCUT2D eigenvalue weighted by Gasteiger charge is 2.42. The van der Waals surface area contributed by atoms with Gasteiger partial charge in [0.15, 0.2) is 0 Å². The summed E-state index contributed by atoms with van der Waals surface area (Å²) in [7, 11) is 6.19. The Morgan fingerprint density at radius 3 is 2.71 bits per heavy atom. The van der Waals surface area contributed by atoms with Crippen molar-refractivity contribution in [2.24, 2.45) is 17.8 Å². The molecule has 0 aliphatic heterocycles. The average molecular weight is 289 g/mol. The van der Waals surface area contributed by atoms with Crippen LogP contribution < -0.4 is 4.74 Å². The van der Waals surface area contributed by atoms with Crippen LogP contribution in [0.15, 0.2) is 24.3 Å². The van der Waals surface area contributed by atoms with Crippen molar-refractivity contribution in [2.45, 2.75) is 39.0 Å². The first-order valence-electron chi connectivity index (χ1n) is 7.96. The Balaban J connectivity index is 0.00000161. The topological polar surface area (TPSA) is 12.5 Å². The Morgan fingerprint density at radius 2 is 2.00 bits per heavy atom. The summed E-state index contributed by atoms with van der Waals surface area (Å²) in [6.07, 6.45) is 5.75. The van der Waals surface area contributed by atoms with Crippen LogP contribution in [0.2, 0.25) is 0 Å². The minimum Gasteiger partial charge on any atom is -0.497 e. The number of hydrogen-bond acceptors (Lipinski definition) is 2. The number of rotatable bonds is 4. The maximum atomic E-state index is 5.42. The molecule has 118 valence electrons. The molecule has 4 unspecified atom stereocenters. The largest absolute Gasteiger partial charge is 0.497 e. The molecule has 2 bridgehead atoms. The van der Waals surface area contributed by atoms with E-state index in [1.807, 2.05) is 0 Å². The molecule has 0 spiro atoms. The van der Waals surface area contributed by atoms with Gasteiger partial charge in [0.1, 0.15) is 5.75 Å². The molecule has 3 rings (SSSR count). The third-order valence-electron chi connectivity index (χ3n) is 5.39. The molecular weight excluding hydrogens is 258 g/mol. The Morgan fingerprint density at radius 1 is 1.19 bits per heavy atom. The lowest BCUT2D eigenvalue weighted by molar-refractivity contribution is 0.165. The fraction of sp³-hybridized carbons (Fsp3) is 0.684. The summed E-state index contributed by atoms with van der Waals surface area (Å²) in [6, 6.07) is 8.78. The molecule has 2 nitrogen and oxygen atoms in total. The first kappa shape index (κ1) is 16.4. The van der Waals surface area contributed by atoms with Crippen LogP contribution >= 0.6 is 0 Å². The van der Waals surface area contributed by atoms with E-state index >= 15 is 0 Å². The van der Waals surface area contributed by atoms with Crippen LogP contribution in [0.1, 0.15) is 44.6 Å². The molecule has 2 aliphatic carbocycles. The molecule has 4 atom stereocenters. The Hall–Kier alpha value is -1.02. The van der Waals surface area contributed by atoms with E-state index in [1.54, 1.807) is 7.11 Å². The second-order valence-corrected chi connectivity index (χ2v) is 6.98. The highest BCUT2D eigenvalue weighted by molar-refractivity contribution is 5.32. The van der Waals surface area contributed by atoms with E-state index in [0.717, 1.165) is 29.4 Å². The number of methoxy groups -OCH3 is 1. The first-order valence-corrected chi connectivity index (χ1v) is 7.96. The molecule has 2 heteroatoms. The Labute approximate surface area is 130 Å². The Bertz CT molecular complexity index is 457. The van der Waals surface area contributed by atoms with Crippen LogP contribution in [0.5, 0.6) is 5.75 Å². The summed E-state index contributed by atoms with van der Waals surface area (Å²) in [6.45, 7) is 1.22. The summed E-state index contributed by atoms with van der Waals surface area (Å²) >= 11 is 0.